The van der Waals surface area contributed by atoms with E-state index in [9.17, 15) is 4.79 Å². The van der Waals surface area contributed by atoms with Gasteiger partial charge < -0.3 is 4.90 Å². The van der Waals surface area contributed by atoms with Gasteiger partial charge in [-0.2, -0.15) is 0 Å². The Labute approximate surface area is 142 Å². The number of benzene rings is 1. The number of carbonyl (C=O) groups excluding carboxylic acids is 1. The van der Waals surface area contributed by atoms with Gasteiger partial charge in [-0.15, -0.1) is 0 Å². The highest BCUT2D eigenvalue weighted by atomic mass is 16.1. The SMILES string of the molecule is CCC(=O)CCCCN1CCC(c2ccc(C(C)C)cc2)CC1. The number of ketones is 1. The molecular weight excluding hydrogens is 282 g/mol. The zero-order valence-corrected chi connectivity index (χ0v) is 15.2. The highest BCUT2D eigenvalue weighted by Gasteiger charge is 2.20. The van der Waals surface area contributed by atoms with Crippen LogP contribution in [0.4, 0.5) is 0 Å². The Hall–Kier alpha value is -1.15. The summed E-state index contributed by atoms with van der Waals surface area (Å²) in [6, 6.07) is 9.28. The van der Waals surface area contributed by atoms with Crippen LogP contribution in [0, 0.1) is 0 Å². The molecule has 2 nitrogen and oxygen atoms in total. The second-order valence-corrected chi connectivity index (χ2v) is 7.29. The quantitative estimate of drug-likeness (QED) is 0.619. The van der Waals surface area contributed by atoms with E-state index in [-0.39, 0.29) is 0 Å². The number of piperidine rings is 1. The van der Waals surface area contributed by atoms with Crippen LogP contribution in [0.25, 0.3) is 0 Å². The van der Waals surface area contributed by atoms with Crippen molar-refractivity contribution in [3.63, 3.8) is 0 Å². The lowest BCUT2D eigenvalue weighted by atomic mass is 9.88. The maximum atomic E-state index is 11.3. The minimum absolute atomic E-state index is 0.411. The second-order valence-electron chi connectivity index (χ2n) is 7.29. The first-order valence-electron chi connectivity index (χ1n) is 9.44. The van der Waals surface area contributed by atoms with E-state index in [1.165, 1.54) is 43.5 Å². The molecule has 0 radical (unpaired) electrons. The molecule has 23 heavy (non-hydrogen) atoms. The third-order valence-electron chi connectivity index (χ3n) is 5.24. The standard InChI is InChI=1S/C21H33NO/c1-4-21(23)7-5-6-14-22-15-12-20(13-16-22)19-10-8-18(9-11-19)17(2)3/h8-11,17,20H,4-7,12-16H2,1-3H3. The third-order valence-corrected chi connectivity index (χ3v) is 5.24. The van der Waals surface area contributed by atoms with Crippen LogP contribution in [0.15, 0.2) is 24.3 Å². The summed E-state index contributed by atoms with van der Waals surface area (Å²) in [5.41, 5.74) is 2.95. The van der Waals surface area contributed by atoms with Gasteiger partial charge in [-0.1, -0.05) is 45.0 Å². The van der Waals surface area contributed by atoms with Gasteiger partial charge >= 0.3 is 0 Å². The summed E-state index contributed by atoms with van der Waals surface area (Å²) in [7, 11) is 0. The summed E-state index contributed by atoms with van der Waals surface area (Å²) in [4.78, 5) is 13.9. The van der Waals surface area contributed by atoms with Crippen LogP contribution in [0.3, 0.4) is 0 Å². The van der Waals surface area contributed by atoms with E-state index in [0.717, 1.165) is 25.3 Å². The molecule has 1 saturated heterocycles. The molecule has 1 aliphatic rings. The number of hydrogen-bond donors (Lipinski definition) is 0. The lowest BCUT2D eigenvalue weighted by molar-refractivity contribution is -0.118. The highest BCUT2D eigenvalue weighted by Crippen LogP contribution is 2.29. The van der Waals surface area contributed by atoms with Crippen LogP contribution in [-0.4, -0.2) is 30.3 Å². The fourth-order valence-electron chi connectivity index (χ4n) is 3.48. The molecule has 0 amide bonds. The van der Waals surface area contributed by atoms with Gasteiger partial charge in [0.1, 0.15) is 5.78 Å². The molecule has 2 rings (SSSR count). The number of rotatable bonds is 8. The van der Waals surface area contributed by atoms with Crippen molar-refractivity contribution in [3.05, 3.63) is 35.4 Å². The Morgan fingerprint density at radius 3 is 2.35 bits per heavy atom. The minimum atomic E-state index is 0.411. The van der Waals surface area contributed by atoms with Gasteiger partial charge in [0.25, 0.3) is 0 Å². The number of likely N-dealkylation sites (tertiary alicyclic amines) is 1. The molecule has 1 heterocycles. The molecule has 1 fully saturated rings. The molecule has 1 aliphatic heterocycles. The maximum Gasteiger partial charge on any atom is 0.132 e. The largest absolute Gasteiger partial charge is 0.303 e. The molecule has 2 heteroatoms. The van der Waals surface area contributed by atoms with Gasteiger partial charge in [-0.05, 0) is 68.3 Å². The number of Topliss-reactive ketones (excluding diaryl/α,β-unsaturated/α-hetero) is 1. The number of carbonyl (C=O) groups is 1. The van der Waals surface area contributed by atoms with E-state index in [0.29, 0.717) is 18.1 Å². The van der Waals surface area contributed by atoms with Gasteiger partial charge in [0, 0.05) is 12.8 Å². The summed E-state index contributed by atoms with van der Waals surface area (Å²) in [6.45, 7) is 10.0. The van der Waals surface area contributed by atoms with E-state index in [4.69, 9.17) is 0 Å². The van der Waals surface area contributed by atoms with Gasteiger partial charge in [0.05, 0.1) is 0 Å². The fraction of sp³-hybridized carbons (Fsp3) is 0.667. The molecule has 0 atom stereocenters. The topological polar surface area (TPSA) is 20.3 Å². The Kier molecular flexibility index (Phi) is 7.29. The lowest BCUT2D eigenvalue weighted by Gasteiger charge is -2.32. The van der Waals surface area contributed by atoms with Crippen molar-refractivity contribution in [2.45, 2.75) is 71.1 Å². The van der Waals surface area contributed by atoms with E-state index in [2.05, 4.69) is 43.0 Å². The molecule has 0 aliphatic carbocycles. The molecule has 0 bridgehead atoms. The molecule has 0 N–H and O–H groups in total. The maximum absolute atomic E-state index is 11.3. The number of unbranched alkanes of at least 4 members (excludes halogenated alkanes) is 1. The first kappa shape index (κ1) is 18.2. The average Bonchev–Trinajstić information content (AvgIpc) is 2.59. The van der Waals surface area contributed by atoms with Crippen molar-refractivity contribution >= 4 is 5.78 Å². The van der Waals surface area contributed by atoms with Crippen LogP contribution in [0.2, 0.25) is 0 Å². The number of nitrogens with zero attached hydrogens (tertiary/aromatic N) is 1. The Morgan fingerprint density at radius 2 is 1.78 bits per heavy atom. The predicted octanol–water partition coefficient (Wildman–Crippen LogP) is 5.14. The van der Waals surface area contributed by atoms with Crippen molar-refractivity contribution in [3.8, 4) is 0 Å². The monoisotopic (exact) mass is 315 g/mol. The summed E-state index contributed by atoms with van der Waals surface area (Å²) >= 11 is 0. The van der Waals surface area contributed by atoms with E-state index >= 15 is 0 Å². The van der Waals surface area contributed by atoms with Crippen molar-refractivity contribution in [2.24, 2.45) is 0 Å². The van der Waals surface area contributed by atoms with Gasteiger partial charge in [-0.3, -0.25) is 4.79 Å². The van der Waals surface area contributed by atoms with E-state index in [1.54, 1.807) is 0 Å². The van der Waals surface area contributed by atoms with Crippen LogP contribution < -0.4 is 0 Å². The first-order valence-corrected chi connectivity index (χ1v) is 9.44. The third kappa shape index (κ3) is 5.76. The van der Waals surface area contributed by atoms with Crippen molar-refractivity contribution in [1.82, 2.24) is 4.90 Å². The van der Waals surface area contributed by atoms with Crippen LogP contribution >= 0.6 is 0 Å². The molecule has 1 aromatic rings. The van der Waals surface area contributed by atoms with Gasteiger partial charge in [0.15, 0.2) is 0 Å². The summed E-state index contributed by atoms with van der Waals surface area (Å²) in [5, 5.41) is 0. The molecule has 128 valence electrons. The molecular formula is C21H33NO. The predicted molar refractivity (Wildman–Crippen MR) is 98.1 cm³/mol. The van der Waals surface area contributed by atoms with E-state index in [1.807, 2.05) is 6.92 Å². The number of hydrogen-bond acceptors (Lipinski definition) is 2. The zero-order valence-electron chi connectivity index (χ0n) is 15.2. The summed E-state index contributed by atoms with van der Waals surface area (Å²) in [6.07, 6.45) is 6.24. The molecule has 1 aromatic carbocycles. The zero-order chi connectivity index (χ0) is 16.7. The Bertz CT molecular complexity index is 469. The molecule has 0 unspecified atom stereocenters. The molecule has 0 spiro atoms. The van der Waals surface area contributed by atoms with Crippen molar-refractivity contribution in [2.75, 3.05) is 19.6 Å². The van der Waals surface area contributed by atoms with E-state index < -0.39 is 0 Å². The summed E-state index contributed by atoms with van der Waals surface area (Å²) < 4.78 is 0. The molecule has 0 aromatic heterocycles. The van der Waals surface area contributed by atoms with Crippen LogP contribution in [0.1, 0.15) is 82.3 Å². The van der Waals surface area contributed by atoms with Crippen molar-refractivity contribution in [1.29, 1.82) is 0 Å². The van der Waals surface area contributed by atoms with Crippen molar-refractivity contribution < 1.29 is 4.79 Å². The fourth-order valence-corrected chi connectivity index (χ4v) is 3.48. The average molecular weight is 316 g/mol. The summed E-state index contributed by atoms with van der Waals surface area (Å²) in [5.74, 6) is 1.76. The van der Waals surface area contributed by atoms with Crippen LogP contribution in [-0.2, 0) is 4.79 Å². The highest BCUT2D eigenvalue weighted by molar-refractivity contribution is 5.77. The second kappa shape index (κ2) is 9.22. The Balaban J connectivity index is 1.70. The smallest absolute Gasteiger partial charge is 0.132 e. The van der Waals surface area contributed by atoms with Gasteiger partial charge in [0.2, 0.25) is 0 Å². The van der Waals surface area contributed by atoms with Gasteiger partial charge in [-0.25, -0.2) is 0 Å². The Morgan fingerprint density at radius 1 is 1.13 bits per heavy atom. The lowest BCUT2D eigenvalue weighted by Crippen LogP contribution is -2.33. The molecule has 0 saturated carbocycles. The first-order chi connectivity index (χ1) is 11.1. The minimum Gasteiger partial charge on any atom is -0.303 e. The normalized spacial score (nSPS) is 16.9. The van der Waals surface area contributed by atoms with Crippen LogP contribution in [0.5, 0.6) is 0 Å².